The van der Waals surface area contributed by atoms with Crippen LogP contribution in [0.25, 0.3) is 98.6 Å². The lowest BCUT2D eigenvalue weighted by Gasteiger charge is -2.22. The molecule has 1 aliphatic rings. The zero-order chi connectivity index (χ0) is 38.8. The van der Waals surface area contributed by atoms with Crippen LogP contribution < -0.4 is 0 Å². The summed E-state index contributed by atoms with van der Waals surface area (Å²) in [4.78, 5) is 10.8. The first kappa shape index (κ1) is 34.3. The molecule has 274 valence electrons. The molecule has 0 unspecified atom stereocenters. The van der Waals surface area contributed by atoms with Crippen LogP contribution in [-0.2, 0) is 5.41 Å². The summed E-state index contributed by atoms with van der Waals surface area (Å²) in [7, 11) is 0. The van der Waals surface area contributed by atoms with Crippen LogP contribution in [0.1, 0.15) is 25.0 Å². The minimum Gasteiger partial charge on any atom is -0.228 e. The van der Waals surface area contributed by atoms with Gasteiger partial charge in [-0.25, -0.2) is 9.97 Å². The zero-order valence-electron chi connectivity index (χ0n) is 32.3. The van der Waals surface area contributed by atoms with Crippen molar-refractivity contribution in [1.82, 2.24) is 9.97 Å². The highest BCUT2D eigenvalue weighted by Gasteiger charge is 2.35. The molecule has 2 nitrogen and oxygen atoms in total. The van der Waals surface area contributed by atoms with Gasteiger partial charge < -0.3 is 0 Å². The second kappa shape index (κ2) is 13.6. The Morgan fingerprint density at radius 1 is 0.345 bits per heavy atom. The van der Waals surface area contributed by atoms with E-state index in [0.29, 0.717) is 5.82 Å². The summed E-state index contributed by atoms with van der Waals surface area (Å²) in [5.74, 6) is 0.700. The minimum atomic E-state index is -0.127. The Balaban J connectivity index is 1.12. The van der Waals surface area contributed by atoms with Crippen molar-refractivity contribution in [2.75, 3.05) is 0 Å². The van der Waals surface area contributed by atoms with E-state index in [2.05, 4.69) is 208 Å². The van der Waals surface area contributed by atoms with E-state index in [4.69, 9.17) is 9.97 Å². The molecule has 10 aromatic rings. The highest BCUT2D eigenvalue weighted by atomic mass is 32.1. The molecule has 0 spiro atoms. The van der Waals surface area contributed by atoms with Crippen LogP contribution in [0.2, 0.25) is 0 Å². The molecular weight excluding hydrogens is 721 g/mol. The van der Waals surface area contributed by atoms with Crippen molar-refractivity contribution in [3.8, 4) is 78.4 Å². The molecule has 3 heteroatoms. The molecule has 0 bridgehead atoms. The first-order chi connectivity index (χ1) is 28.5. The Morgan fingerprint density at radius 3 is 1.71 bits per heavy atom. The summed E-state index contributed by atoms with van der Waals surface area (Å²) >= 11 is 1.85. The molecule has 0 N–H and O–H groups in total. The molecule has 0 atom stereocenters. The van der Waals surface area contributed by atoms with Gasteiger partial charge >= 0.3 is 0 Å². The molecular formula is C55H38N2S. The first-order valence-electron chi connectivity index (χ1n) is 19.9. The molecule has 11 rings (SSSR count). The van der Waals surface area contributed by atoms with Crippen molar-refractivity contribution in [2.45, 2.75) is 19.3 Å². The van der Waals surface area contributed by atoms with E-state index in [1.54, 1.807) is 0 Å². The number of nitrogens with zero attached hydrogens (tertiary/aromatic N) is 2. The van der Waals surface area contributed by atoms with Crippen LogP contribution in [0.15, 0.2) is 194 Å². The molecule has 0 fully saturated rings. The van der Waals surface area contributed by atoms with E-state index >= 15 is 0 Å². The molecule has 0 saturated heterocycles. The average molecular weight is 759 g/mol. The Labute approximate surface area is 342 Å². The predicted octanol–water partition coefficient (Wildman–Crippen LogP) is 15.2. The highest BCUT2D eigenvalue weighted by molar-refractivity contribution is 7.25. The van der Waals surface area contributed by atoms with Crippen LogP contribution in [-0.4, -0.2) is 9.97 Å². The second-order valence-corrected chi connectivity index (χ2v) is 16.9. The number of rotatable bonds is 6. The lowest BCUT2D eigenvalue weighted by atomic mass is 9.82. The quantitative estimate of drug-likeness (QED) is 0.169. The Kier molecular flexibility index (Phi) is 8.06. The topological polar surface area (TPSA) is 25.8 Å². The van der Waals surface area contributed by atoms with Gasteiger partial charge in [-0.3, -0.25) is 0 Å². The molecule has 58 heavy (non-hydrogen) atoms. The van der Waals surface area contributed by atoms with Crippen LogP contribution in [0, 0.1) is 0 Å². The number of benzene rings is 8. The summed E-state index contributed by atoms with van der Waals surface area (Å²) in [5, 5.41) is 2.59. The average Bonchev–Trinajstić information content (AvgIpc) is 3.77. The van der Waals surface area contributed by atoms with Crippen LogP contribution >= 0.6 is 11.3 Å². The third-order valence-corrected chi connectivity index (χ3v) is 13.0. The van der Waals surface area contributed by atoms with Gasteiger partial charge in [0.05, 0.1) is 11.4 Å². The van der Waals surface area contributed by atoms with E-state index in [1.165, 1.54) is 48.0 Å². The SMILES string of the molecule is CC1(C)c2ccccc2-c2ccc(-c3cc(-c4cc(-c5ccccc5)cc(-c5ccc6sc7ccccc7c6c5)c4)nc(-c4cccc(-c5ccccc5)c4)n3)cc21. The summed E-state index contributed by atoms with van der Waals surface area (Å²) < 4.78 is 2.61. The Morgan fingerprint density at radius 2 is 0.897 bits per heavy atom. The first-order valence-corrected chi connectivity index (χ1v) is 20.7. The fourth-order valence-corrected chi connectivity index (χ4v) is 9.94. The maximum absolute atomic E-state index is 5.41. The van der Waals surface area contributed by atoms with Crippen LogP contribution in [0.5, 0.6) is 0 Å². The number of hydrogen-bond acceptors (Lipinski definition) is 3. The van der Waals surface area contributed by atoms with Gasteiger partial charge in [0.2, 0.25) is 0 Å². The molecule has 0 aliphatic heterocycles. The third kappa shape index (κ3) is 5.86. The number of aromatic nitrogens is 2. The maximum Gasteiger partial charge on any atom is 0.160 e. The van der Waals surface area contributed by atoms with Crippen molar-refractivity contribution in [1.29, 1.82) is 0 Å². The van der Waals surface area contributed by atoms with Gasteiger partial charge in [-0.1, -0.05) is 153 Å². The Hall–Kier alpha value is -6.94. The van der Waals surface area contributed by atoms with Gasteiger partial charge in [-0.15, -0.1) is 11.3 Å². The second-order valence-electron chi connectivity index (χ2n) is 15.8. The molecule has 2 heterocycles. The molecule has 8 aromatic carbocycles. The number of fused-ring (bicyclic) bond motifs is 6. The summed E-state index contributed by atoms with van der Waals surface area (Å²) in [6.45, 7) is 4.67. The fourth-order valence-electron chi connectivity index (χ4n) is 8.85. The Bertz CT molecular complexity index is 3190. The van der Waals surface area contributed by atoms with E-state index in [9.17, 15) is 0 Å². The van der Waals surface area contributed by atoms with E-state index in [-0.39, 0.29) is 5.41 Å². The van der Waals surface area contributed by atoms with Gasteiger partial charge in [0.15, 0.2) is 5.82 Å². The predicted molar refractivity (Wildman–Crippen MR) is 245 cm³/mol. The lowest BCUT2D eigenvalue weighted by molar-refractivity contribution is 0.660. The van der Waals surface area contributed by atoms with Gasteiger partial charge in [-0.05, 0) is 110 Å². The highest BCUT2D eigenvalue weighted by Crippen LogP contribution is 2.49. The smallest absolute Gasteiger partial charge is 0.160 e. The van der Waals surface area contributed by atoms with Gasteiger partial charge in [0.25, 0.3) is 0 Å². The zero-order valence-corrected chi connectivity index (χ0v) is 33.1. The summed E-state index contributed by atoms with van der Waals surface area (Å²) in [5.41, 5.74) is 17.0. The van der Waals surface area contributed by atoms with Crippen molar-refractivity contribution in [3.05, 3.63) is 205 Å². The number of thiophene rings is 1. The van der Waals surface area contributed by atoms with E-state index < -0.39 is 0 Å². The maximum atomic E-state index is 5.41. The summed E-state index contributed by atoms with van der Waals surface area (Å²) in [6.07, 6.45) is 0. The molecule has 2 aromatic heterocycles. The van der Waals surface area contributed by atoms with Crippen molar-refractivity contribution in [2.24, 2.45) is 0 Å². The third-order valence-electron chi connectivity index (χ3n) is 11.9. The fraction of sp³-hybridized carbons (Fsp3) is 0.0545. The van der Waals surface area contributed by atoms with Crippen molar-refractivity contribution in [3.63, 3.8) is 0 Å². The molecule has 1 aliphatic carbocycles. The van der Waals surface area contributed by atoms with E-state index in [1.807, 2.05) is 11.3 Å². The van der Waals surface area contributed by atoms with Crippen LogP contribution in [0.4, 0.5) is 0 Å². The minimum absolute atomic E-state index is 0.127. The lowest BCUT2D eigenvalue weighted by Crippen LogP contribution is -2.14. The normalized spacial score (nSPS) is 12.8. The monoisotopic (exact) mass is 758 g/mol. The van der Waals surface area contributed by atoms with Crippen LogP contribution in [0.3, 0.4) is 0 Å². The van der Waals surface area contributed by atoms with Crippen molar-refractivity contribution >= 4 is 31.5 Å². The number of hydrogen-bond donors (Lipinski definition) is 0. The summed E-state index contributed by atoms with van der Waals surface area (Å²) in [6, 6.07) is 70.2. The van der Waals surface area contributed by atoms with Crippen molar-refractivity contribution < 1.29 is 0 Å². The standard InChI is InChI=1S/C55H38N2S/c1-55(2)48-22-11-9-20-44(48)45-26-24-39(33-49(45)55)50-34-51(57-54(56-50)40-19-13-18-37(28-40)35-14-5-3-6-15-35)43-30-41(36-16-7-4-8-17-36)29-42(31-43)38-25-27-53-47(32-38)46-21-10-12-23-52(46)58-53/h3-34H,1-2H3. The van der Waals surface area contributed by atoms with Gasteiger partial charge in [0.1, 0.15) is 0 Å². The molecule has 0 amide bonds. The molecule has 0 radical (unpaired) electrons. The van der Waals surface area contributed by atoms with Gasteiger partial charge in [0, 0.05) is 42.3 Å². The van der Waals surface area contributed by atoms with E-state index in [0.717, 1.165) is 55.9 Å². The molecule has 0 saturated carbocycles. The van der Waals surface area contributed by atoms with Gasteiger partial charge in [-0.2, -0.15) is 0 Å². The largest absolute Gasteiger partial charge is 0.228 e.